The molecule has 0 saturated carbocycles. The Hall–Kier alpha value is -3.88. The first-order valence-electron chi connectivity index (χ1n) is 12.1. The van der Waals surface area contributed by atoms with Crippen molar-refractivity contribution in [3.63, 3.8) is 0 Å². The second-order valence-corrected chi connectivity index (χ2v) is 9.02. The van der Waals surface area contributed by atoms with Crippen LogP contribution >= 0.6 is 0 Å². The molecule has 1 heterocycles. The van der Waals surface area contributed by atoms with E-state index >= 15 is 0 Å². The highest BCUT2D eigenvalue weighted by Gasteiger charge is 2.37. The minimum absolute atomic E-state index is 0.0628. The molecule has 0 bridgehead atoms. The number of hydrogen-bond acceptors (Lipinski definition) is 5. The number of anilines is 3. The van der Waals surface area contributed by atoms with Crippen LogP contribution in [0.4, 0.5) is 21.9 Å². The van der Waals surface area contributed by atoms with Crippen LogP contribution in [0.5, 0.6) is 0 Å². The lowest BCUT2D eigenvalue weighted by molar-refractivity contribution is -0.134. The molecule has 3 aromatic rings. The summed E-state index contributed by atoms with van der Waals surface area (Å²) in [6.07, 6.45) is -0.258. The van der Waals surface area contributed by atoms with Gasteiger partial charge in [0, 0.05) is 30.0 Å². The van der Waals surface area contributed by atoms with Crippen molar-refractivity contribution in [2.24, 2.45) is 5.92 Å². The number of aliphatic hydroxyl groups excluding tert-OH is 1. The van der Waals surface area contributed by atoms with Gasteiger partial charge in [0.25, 0.3) is 0 Å². The molecule has 3 unspecified atom stereocenters. The number of aliphatic hydroxyl groups is 1. The predicted octanol–water partition coefficient (Wildman–Crippen LogP) is 4.32. The molecule has 4 rings (SSSR count). The van der Waals surface area contributed by atoms with Gasteiger partial charge in [-0.05, 0) is 54.3 Å². The predicted molar refractivity (Wildman–Crippen MR) is 140 cm³/mol. The largest absolute Gasteiger partial charge is 0.366 e. The number of hydrogen-bond donors (Lipinski definition) is 4. The van der Waals surface area contributed by atoms with E-state index in [1.807, 2.05) is 91.9 Å². The molecule has 8 nitrogen and oxygen atoms in total. The Labute approximate surface area is 211 Å². The third-order valence-corrected chi connectivity index (χ3v) is 6.06. The van der Waals surface area contributed by atoms with Gasteiger partial charge in [0.05, 0.1) is 6.04 Å². The van der Waals surface area contributed by atoms with E-state index in [0.29, 0.717) is 18.7 Å². The first kappa shape index (κ1) is 25.2. The molecule has 0 radical (unpaired) electrons. The average molecular weight is 489 g/mol. The number of rotatable bonds is 9. The van der Waals surface area contributed by atoms with Crippen LogP contribution in [0.3, 0.4) is 0 Å². The molecule has 1 saturated heterocycles. The number of nitrogens with one attached hydrogen (secondary N) is 3. The summed E-state index contributed by atoms with van der Waals surface area (Å²) < 4.78 is 5.34. The SMILES string of the molecule is CC(CNC(=O)Nc1ccc(Nc2ccccc2)cc1)CC(=O)N1COC(O)C1Cc1ccccc1. The molecular weight excluding hydrogens is 456 g/mol. The second-order valence-electron chi connectivity index (χ2n) is 9.02. The van der Waals surface area contributed by atoms with Crippen molar-refractivity contribution < 1.29 is 19.4 Å². The lowest BCUT2D eigenvalue weighted by Gasteiger charge is -2.25. The number of carbonyl (C=O) groups excluding carboxylic acids is 2. The molecule has 188 valence electrons. The van der Waals surface area contributed by atoms with Crippen LogP contribution in [0, 0.1) is 5.92 Å². The molecule has 0 aromatic heterocycles. The van der Waals surface area contributed by atoms with Crippen molar-refractivity contribution in [2.75, 3.05) is 23.9 Å². The normalized spacial score (nSPS) is 17.9. The number of para-hydroxylation sites is 1. The van der Waals surface area contributed by atoms with Gasteiger partial charge in [-0.15, -0.1) is 0 Å². The Morgan fingerprint density at radius 2 is 1.56 bits per heavy atom. The maximum absolute atomic E-state index is 12.9. The van der Waals surface area contributed by atoms with Gasteiger partial charge in [-0.1, -0.05) is 55.5 Å². The summed E-state index contributed by atoms with van der Waals surface area (Å²) in [5, 5.41) is 19.2. The maximum Gasteiger partial charge on any atom is 0.319 e. The van der Waals surface area contributed by atoms with E-state index in [2.05, 4.69) is 16.0 Å². The van der Waals surface area contributed by atoms with Crippen molar-refractivity contribution in [2.45, 2.75) is 32.1 Å². The van der Waals surface area contributed by atoms with Crippen LogP contribution in [-0.4, -0.2) is 47.6 Å². The van der Waals surface area contributed by atoms with Crippen molar-refractivity contribution in [3.8, 4) is 0 Å². The molecule has 0 spiro atoms. The number of ether oxygens (including phenoxy) is 1. The quantitative estimate of drug-likeness (QED) is 0.359. The molecule has 0 aliphatic carbocycles. The van der Waals surface area contributed by atoms with Gasteiger partial charge in [-0.25, -0.2) is 4.79 Å². The van der Waals surface area contributed by atoms with Crippen LogP contribution in [0.1, 0.15) is 18.9 Å². The van der Waals surface area contributed by atoms with Crippen LogP contribution in [-0.2, 0) is 16.0 Å². The molecule has 4 N–H and O–H groups in total. The van der Waals surface area contributed by atoms with E-state index in [1.165, 1.54) is 0 Å². The van der Waals surface area contributed by atoms with Crippen LogP contribution in [0.15, 0.2) is 84.9 Å². The zero-order valence-corrected chi connectivity index (χ0v) is 20.3. The zero-order valence-electron chi connectivity index (χ0n) is 20.3. The van der Waals surface area contributed by atoms with Gasteiger partial charge < -0.3 is 30.7 Å². The van der Waals surface area contributed by atoms with E-state index in [1.54, 1.807) is 4.90 Å². The molecule has 1 aliphatic rings. The summed E-state index contributed by atoms with van der Waals surface area (Å²) in [6, 6.07) is 26.2. The Bertz CT molecular complexity index is 1130. The van der Waals surface area contributed by atoms with E-state index in [0.717, 1.165) is 16.9 Å². The zero-order chi connectivity index (χ0) is 25.3. The summed E-state index contributed by atoms with van der Waals surface area (Å²) in [6.45, 7) is 2.31. The number of nitrogens with zero attached hydrogens (tertiary/aromatic N) is 1. The number of carbonyl (C=O) groups is 2. The van der Waals surface area contributed by atoms with E-state index in [9.17, 15) is 14.7 Å². The summed E-state index contributed by atoms with van der Waals surface area (Å²) >= 11 is 0. The van der Waals surface area contributed by atoms with Crippen LogP contribution in [0.25, 0.3) is 0 Å². The summed E-state index contributed by atoms with van der Waals surface area (Å²) in [5.74, 6) is -0.195. The van der Waals surface area contributed by atoms with Crippen LogP contribution < -0.4 is 16.0 Å². The lowest BCUT2D eigenvalue weighted by atomic mass is 10.0. The van der Waals surface area contributed by atoms with Crippen molar-refractivity contribution >= 4 is 29.0 Å². The highest BCUT2D eigenvalue weighted by molar-refractivity contribution is 5.89. The monoisotopic (exact) mass is 488 g/mol. The van der Waals surface area contributed by atoms with E-state index in [4.69, 9.17) is 4.74 Å². The number of urea groups is 1. The Morgan fingerprint density at radius 3 is 2.25 bits per heavy atom. The molecule has 1 fully saturated rings. The van der Waals surface area contributed by atoms with Gasteiger partial charge in [-0.3, -0.25) is 4.79 Å². The number of benzene rings is 3. The molecule has 36 heavy (non-hydrogen) atoms. The van der Waals surface area contributed by atoms with Crippen molar-refractivity contribution in [1.82, 2.24) is 10.2 Å². The Balaban J connectivity index is 1.21. The molecule has 8 heteroatoms. The molecular formula is C28H32N4O4. The van der Waals surface area contributed by atoms with Gasteiger partial charge in [0.1, 0.15) is 6.73 Å². The van der Waals surface area contributed by atoms with Crippen molar-refractivity contribution in [3.05, 3.63) is 90.5 Å². The Kier molecular flexibility index (Phi) is 8.54. The van der Waals surface area contributed by atoms with Crippen LogP contribution in [0.2, 0.25) is 0 Å². The van der Waals surface area contributed by atoms with Gasteiger partial charge >= 0.3 is 6.03 Å². The van der Waals surface area contributed by atoms with Gasteiger partial charge in [0.2, 0.25) is 5.91 Å². The standard InChI is InChI=1S/C28H32N4O4/c1-20(16-26(33)32-19-36-27(34)25(32)17-21-8-4-2-5-9-21)18-29-28(35)31-24-14-12-23(13-15-24)30-22-10-6-3-7-11-22/h2-15,20,25,27,30,34H,16-19H2,1H3,(H2,29,31,35). The fourth-order valence-electron chi connectivity index (χ4n) is 4.10. The van der Waals surface area contributed by atoms with Gasteiger partial charge in [-0.2, -0.15) is 0 Å². The highest BCUT2D eigenvalue weighted by Crippen LogP contribution is 2.22. The topological polar surface area (TPSA) is 103 Å². The smallest absolute Gasteiger partial charge is 0.319 e. The first-order chi connectivity index (χ1) is 17.5. The molecule has 3 aromatic carbocycles. The fourth-order valence-corrected chi connectivity index (χ4v) is 4.10. The molecule has 3 amide bonds. The minimum Gasteiger partial charge on any atom is -0.366 e. The summed E-state index contributed by atoms with van der Waals surface area (Å²) in [4.78, 5) is 26.8. The third-order valence-electron chi connectivity index (χ3n) is 6.06. The average Bonchev–Trinajstić information content (AvgIpc) is 3.25. The van der Waals surface area contributed by atoms with E-state index in [-0.39, 0.29) is 31.0 Å². The summed E-state index contributed by atoms with van der Waals surface area (Å²) in [7, 11) is 0. The van der Waals surface area contributed by atoms with E-state index < -0.39 is 12.3 Å². The lowest BCUT2D eigenvalue weighted by Crippen LogP contribution is -2.42. The number of amides is 3. The maximum atomic E-state index is 12.9. The minimum atomic E-state index is -1.01. The molecule has 1 aliphatic heterocycles. The molecule has 3 atom stereocenters. The fraction of sp³-hybridized carbons (Fsp3) is 0.286. The Morgan fingerprint density at radius 1 is 0.944 bits per heavy atom. The van der Waals surface area contributed by atoms with Crippen molar-refractivity contribution in [1.29, 1.82) is 0 Å². The highest BCUT2D eigenvalue weighted by atomic mass is 16.6. The first-order valence-corrected chi connectivity index (χ1v) is 12.1. The summed E-state index contributed by atoms with van der Waals surface area (Å²) in [5.41, 5.74) is 3.60. The second kappa shape index (κ2) is 12.2. The third kappa shape index (κ3) is 7.07. The van der Waals surface area contributed by atoms with Gasteiger partial charge in [0.15, 0.2) is 6.29 Å².